The summed E-state index contributed by atoms with van der Waals surface area (Å²) in [6.07, 6.45) is 1.11. The summed E-state index contributed by atoms with van der Waals surface area (Å²) in [5.41, 5.74) is 0.303. The number of nitrogens with zero attached hydrogens (tertiary/aromatic N) is 1. The Morgan fingerprint density at radius 3 is 2.50 bits per heavy atom. The maximum absolute atomic E-state index is 5.07. The van der Waals surface area contributed by atoms with Crippen molar-refractivity contribution >= 4 is 0 Å². The van der Waals surface area contributed by atoms with Gasteiger partial charge in [0.1, 0.15) is 0 Å². The molecule has 1 atom stereocenters. The molecule has 0 aliphatic heterocycles. The molecule has 0 spiro atoms. The monoisotopic (exact) mass is 230 g/mol. The van der Waals surface area contributed by atoms with Gasteiger partial charge in [0, 0.05) is 32.8 Å². The van der Waals surface area contributed by atoms with E-state index in [-0.39, 0.29) is 0 Å². The second kappa shape index (κ2) is 8.04. The molecule has 0 amide bonds. The summed E-state index contributed by atoms with van der Waals surface area (Å²) < 4.78 is 5.07. The molecule has 98 valence electrons. The Balaban J connectivity index is 3.93. The van der Waals surface area contributed by atoms with Gasteiger partial charge in [-0.2, -0.15) is 0 Å². The molecule has 0 aliphatic rings. The third kappa shape index (κ3) is 6.46. The molecular formula is C13H30N2O. The van der Waals surface area contributed by atoms with E-state index in [0.29, 0.717) is 11.5 Å². The highest BCUT2D eigenvalue weighted by molar-refractivity contribution is 4.82. The largest absolute Gasteiger partial charge is 0.385 e. The third-order valence-electron chi connectivity index (χ3n) is 3.25. The van der Waals surface area contributed by atoms with Crippen molar-refractivity contribution in [2.75, 3.05) is 40.4 Å². The maximum Gasteiger partial charge on any atom is 0.0474 e. The van der Waals surface area contributed by atoms with Crippen LogP contribution in [0.15, 0.2) is 0 Å². The van der Waals surface area contributed by atoms with Crippen molar-refractivity contribution in [3.8, 4) is 0 Å². The molecule has 0 rings (SSSR count). The number of methoxy groups -OCH3 is 1. The van der Waals surface area contributed by atoms with E-state index >= 15 is 0 Å². The Bertz CT molecular complexity index is 171. The van der Waals surface area contributed by atoms with Crippen molar-refractivity contribution in [2.24, 2.45) is 5.41 Å². The lowest BCUT2D eigenvalue weighted by Gasteiger charge is -2.36. The van der Waals surface area contributed by atoms with Crippen molar-refractivity contribution in [2.45, 2.75) is 40.2 Å². The fourth-order valence-corrected chi connectivity index (χ4v) is 1.97. The molecule has 0 bridgehead atoms. The Labute approximate surface area is 102 Å². The number of nitrogens with one attached hydrogen (secondary N) is 1. The van der Waals surface area contributed by atoms with Gasteiger partial charge in [-0.15, -0.1) is 0 Å². The van der Waals surface area contributed by atoms with E-state index < -0.39 is 0 Å². The molecule has 0 saturated carbocycles. The molecule has 0 radical (unpaired) electrons. The highest BCUT2D eigenvalue weighted by atomic mass is 16.5. The standard InChI is InChI=1S/C13H30N2O/c1-7-14-12(2)13(3,4)11-15(5)9-8-10-16-6/h12,14H,7-11H2,1-6H3. The first-order valence-corrected chi connectivity index (χ1v) is 6.35. The van der Waals surface area contributed by atoms with Crippen LogP contribution < -0.4 is 5.32 Å². The molecule has 3 heteroatoms. The quantitative estimate of drug-likeness (QED) is 0.613. The predicted octanol–water partition coefficient (Wildman–Crippen LogP) is 1.98. The average Bonchev–Trinajstić information content (AvgIpc) is 2.17. The number of rotatable bonds is 9. The fraction of sp³-hybridized carbons (Fsp3) is 1.00. The van der Waals surface area contributed by atoms with E-state index in [4.69, 9.17) is 4.74 Å². The second-order valence-electron chi connectivity index (χ2n) is 5.35. The summed E-state index contributed by atoms with van der Waals surface area (Å²) in [7, 11) is 3.95. The molecular weight excluding hydrogens is 200 g/mol. The topological polar surface area (TPSA) is 24.5 Å². The minimum absolute atomic E-state index is 0.303. The zero-order valence-electron chi connectivity index (χ0n) is 12.0. The average molecular weight is 230 g/mol. The normalized spacial score (nSPS) is 14.4. The van der Waals surface area contributed by atoms with Crippen LogP contribution in [0.3, 0.4) is 0 Å². The zero-order chi connectivity index (χ0) is 12.6. The van der Waals surface area contributed by atoms with Gasteiger partial charge < -0.3 is 15.0 Å². The molecule has 16 heavy (non-hydrogen) atoms. The molecule has 0 aromatic heterocycles. The zero-order valence-corrected chi connectivity index (χ0v) is 12.0. The minimum atomic E-state index is 0.303. The summed E-state index contributed by atoms with van der Waals surface area (Å²) in [6, 6.07) is 0.544. The van der Waals surface area contributed by atoms with Gasteiger partial charge in [-0.1, -0.05) is 20.8 Å². The molecule has 0 aromatic carbocycles. The minimum Gasteiger partial charge on any atom is -0.385 e. The van der Waals surface area contributed by atoms with Crippen molar-refractivity contribution < 1.29 is 4.74 Å². The van der Waals surface area contributed by atoms with E-state index in [1.807, 2.05) is 0 Å². The second-order valence-corrected chi connectivity index (χ2v) is 5.35. The molecule has 0 heterocycles. The number of hydrogen-bond acceptors (Lipinski definition) is 3. The van der Waals surface area contributed by atoms with Crippen molar-refractivity contribution in [3.63, 3.8) is 0 Å². The van der Waals surface area contributed by atoms with Crippen LogP contribution >= 0.6 is 0 Å². The molecule has 0 saturated heterocycles. The number of ether oxygens (including phenoxy) is 1. The van der Waals surface area contributed by atoms with Crippen molar-refractivity contribution in [1.82, 2.24) is 10.2 Å². The molecule has 0 fully saturated rings. The molecule has 0 aliphatic carbocycles. The summed E-state index contributed by atoms with van der Waals surface area (Å²) >= 11 is 0. The molecule has 3 nitrogen and oxygen atoms in total. The summed E-state index contributed by atoms with van der Waals surface area (Å²) in [4.78, 5) is 2.40. The lowest BCUT2D eigenvalue weighted by atomic mass is 9.85. The van der Waals surface area contributed by atoms with Gasteiger partial charge in [0.15, 0.2) is 0 Å². The summed E-state index contributed by atoms with van der Waals surface area (Å²) in [5.74, 6) is 0. The van der Waals surface area contributed by atoms with Crippen LogP contribution in [-0.4, -0.2) is 51.3 Å². The highest BCUT2D eigenvalue weighted by Crippen LogP contribution is 2.21. The predicted molar refractivity (Wildman–Crippen MR) is 70.9 cm³/mol. The van der Waals surface area contributed by atoms with Crippen LogP contribution in [0.2, 0.25) is 0 Å². The first-order valence-electron chi connectivity index (χ1n) is 6.35. The van der Waals surface area contributed by atoms with Crippen LogP contribution in [0.1, 0.15) is 34.1 Å². The van der Waals surface area contributed by atoms with Gasteiger partial charge in [-0.05, 0) is 32.4 Å². The van der Waals surface area contributed by atoms with Crippen LogP contribution in [0.4, 0.5) is 0 Å². The van der Waals surface area contributed by atoms with E-state index in [0.717, 1.165) is 32.7 Å². The Morgan fingerprint density at radius 1 is 1.38 bits per heavy atom. The van der Waals surface area contributed by atoms with Crippen LogP contribution in [0, 0.1) is 5.41 Å². The van der Waals surface area contributed by atoms with Gasteiger partial charge in [0.05, 0.1) is 0 Å². The van der Waals surface area contributed by atoms with E-state index in [1.54, 1.807) is 7.11 Å². The van der Waals surface area contributed by atoms with Crippen LogP contribution in [-0.2, 0) is 4.74 Å². The summed E-state index contributed by atoms with van der Waals surface area (Å²) in [5, 5.41) is 3.51. The van der Waals surface area contributed by atoms with Crippen LogP contribution in [0.5, 0.6) is 0 Å². The van der Waals surface area contributed by atoms with E-state index in [1.165, 1.54) is 0 Å². The van der Waals surface area contributed by atoms with Crippen molar-refractivity contribution in [3.05, 3.63) is 0 Å². The smallest absolute Gasteiger partial charge is 0.0474 e. The molecule has 1 unspecified atom stereocenters. The van der Waals surface area contributed by atoms with Gasteiger partial charge in [0.2, 0.25) is 0 Å². The van der Waals surface area contributed by atoms with Gasteiger partial charge in [-0.3, -0.25) is 0 Å². The molecule has 0 aromatic rings. The lowest BCUT2D eigenvalue weighted by molar-refractivity contribution is 0.142. The third-order valence-corrected chi connectivity index (χ3v) is 3.25. The van der Waals surface area contributed by atoms with Gasteiger partial charge in [0.25, 0.3) is 0 Å². The van der Waals surface area contributed by atoms with E-state index in [2.05, 4.69) is 45.0 Å². The first-order chi connectivity index (χ1) is 7.44. The highest BCUT2D eigenvalue weighted by Gasteiger charge is 2.26. The number of hydrogen-bond donors (Lipinski definition) is 1. The Kier molecular flexibility index (Phi) is 7.98. The first kappa shape index (κ1) is 15.9. The SMILES string of the molecule is CCNC(C)C(C)(C)CN(C)CCCOC. The van der Waals surface area contributed by atoms with Gasteiger partial charge >= 0.3 is 0 Å². The van der Waals surface area contributed by atoms with Crippen molar-refractivity contribution in [1.29, 1.82) is 0 Å². The lowest BCUT2D eigenvalue weighted by Crippen LogP contribution is -2.46. The molecule has 1 N–H and O–H groups in total. The van der Waals surface area contributed by atoms with Crippen LogP contribution in [0.25, 0.3) is 0 Å². The Morgan fingerprint density at radius 2 is 2.00 bits per heavy atom. The van der Waals surface area contributed by atoms with E-state index in [9.17, 15) is 0 Å². The summed E-state index contributed by atoms with van der Waals surface area (Å²) in [6.45, 7) is 13.2. The maximum atomic E-state index is 5.07. The fourth-order valence-electron chi connectivity index (χ4n) is 1.97. The Hall–Kier alpha value is -0.120. The van der Waals surface area contributed by atoms with Gasteiger partial charge in [-0.25, -0.2) is 0 Å².